The van der Waals surface area contributed by atoms with Gasteiger partial charge in [-0.1, -0.05) is 54.1 Å². The van der Waals surface area contributed by atoms with Gasteiger partial charge in [0.15, 0.2) is 0 Å². The minimum atomic E-state index is 0.157. The van der Waals surface area contributed by atoms with Gasteiger partial charge < -0.3 is 0 Å². The Hall–Kier alpha value is -3.10. The van der Waals surface area contributed by atoms with Crippen LogP contribution in [0.1, 0.15) is 22.3 Å². The van der Waals surface area contributed by atoms with Crippen molar-refractivity contribution in [3.8, 4) is 12.1 Å². The van der Waals surface area contributed by atoms with Crippen molar-refractivity contribution < 1.29 is 0 Å². The highest BCUT2D eigenvalue weighted by Gasteiger charge is 2.21. The summed E-state index contributed by atoms with van der Waals surface area (Å²) in [6, 6.07) is 20.1. The van der Waals surface area contributed by atoms with Crippen LogP contribution in [0.4, 0.5) is 0 Å². The van der Waals surface area contributed by atoms with Crippen molar-refractivity contribution in [2.24, 2.45) is 0 Å². The van der Waals surface area contributed by atoms with Crippen LogP contribution in [0.2, 0.25) is 0 Å². The average Bonchev–Trinajstić information content (AvgIpc) is 2.89. The van der Waals surface area contributed by atoms with Crippen molar-refractivity contribution in [3.63, 3.8) is 0 Å². The molecule has 0 atom stereocenters. The van der Waals surface area contributed by atoms with Crippen molar-refractivity contribution in [2.45, 2.75) is 6.92 Å². The first-order chi connectivity index (χ1) is 10.2. The maximum Gasteiger partial charge on any atom is 0.137 e. The Morgan fingerprint density at radius 1 is 0.857 bits per heavy atom. The molecule has 0 saturated carbocycles. The summed E-state index contributed by atoms with van der Waals surface area (Å²) in [5.74, 6) is 0. The van der Waals surface area contributed by atoms with Gasteiger partial charge in [0, 0.05) is 5.57 Å². The van der Waals surface area contributed by atoms with E-state index in [9.17, 15) is 0 Å². The van der Waals surface area contributed by atoms with E-state index in [1.54, 1.807) is 0 Å². The monoisotopic (exact) mass is 268 g/mol. The van der Waals surface area contributed by atoms with E-state index in [0.29, 0.717) is 5.57 Å². The topological polar surface area (TPSA) is 47.6 Å². The third-order valence-electron chi connectivity index (χ3n) is 3.65. The predicted molar refractivity (Wildman–Crippen MR) is 82.8 cm³/mol. The maximum absolute atomic E-state index is 9.15. The van der Waals surface area contributed by atoms with E-state index in [0.717, 1.165) is 22.3 Å². The van der Waals surface area contributed by atoms with Crippen LogP contribution in [0.5, 0.6) is 0 Å². The number of benzene rings is 2. The maximum atomic E-state index is 9.15. The fourth-order valence-corrected chi connectivity index (χ4v) is 2.58. The molecule has 1 aliphatic carbocycles. The molecule has 0 unspecified atom stereocenters. The van der Waals surface area contributed by atoms with Crippen molar-refractivity contribution in [1.82, 2.24) is 0 Å². The highest BCUT2D eigenvalue weighted by atomic mass is 14.3. The van der Waals surface area contributed by atoms with Gasteiger partial charge >= 0.3 is 0 Å². The summed E-state index contributed by atoms with van der Waals surface area (Å²) in [4.78, 5) is 0. The Balaban J connectivity index is 2.26. The Kier molecular flexibility index (Phi) is 3.14. The van der Waals surface area contributed by atoms with E-state index in [1.807, 2.05) is 42.5 Å². The van der Waals surface area contributed by atoms with Gasteiger partial charge in [0.05, 0.1) is 0 Å². The molecule has 3 rings (SSSR count). The molecule has 2 aromatic carbocycles. The van der Waals surface area contributed by atoms with E-state index in [1.165, 1.54) is 5.56 Å². The molecule has 0 aromatic heterocycles. The van der Waals surface area contributed by atoms with Gasteiger partial charge in [-0.25, -0.2) is 0 Å². The normalized spacial score (nSPS) is 12.1. The molecule has 2 nitrogen and oxygen atoms in total. The molecule has 21 heavy (non-hydrogen) atoms. The molecule has 0 radical (unpaired) electrons. The number of rotatable bonds is 1. The lowest BCUT2D eigenvalue weighted by Gasteiger charge is -2.06. The van der Waals surface area contributed by atoms with Gasteiger partial charge in [-0.05, 0) is 35.3 Å². The van der Waals surface area contributed by atoms with Crippen molar-refractivity contribution in [1.29, 1.82) is 10.5 Å². The molecule has 2 heteroatoms. The SMILES string of the molecule is Cc1ccc(C2=CC(=C(C#N)C#N)c3ccccc32)cc1. The second kappa shape index (κ2) is 5.12. The molecule has 0 saturated heterocycles. The predicted octanol–water partition coefficient (Wildman–Crippen LogP) is 4.24. The Morgan fingerprint density at radius 2 is 1.48 bits per heavy atom. The minimum absolute atomic E-state index is 0.157. The van der Waals surface area contributed by atoms with Crippen molar-refractivity contribution in [3.05, 3.63) is 82.4 Å². The average molecular weight is 268 g/mol. The quantitative estimate of drug-likeness (QED) is 0.726. The van der Waals surface area contributed by atoms with E-state index < -0.39 is 0 Å². The molecular weight excluding hydrogens is 256 g/mol. The highest BCUT2D eigenvalue weighted by Crippen LogP contribution is 2.40. The number of aryl methyl sites for hydroxylation is 1. The largest absolute Gasteiger partial charge is 0.192 e. The van der Waals surface area contributed by atoms with Crippen molar-refractivity contribution >= 4 is 11.1 Å². The van der Waals surface area contributed by atoms with Crippen LogP contribution in [0, 0.1) is 29.6 Å². The van der Waals surface area contributed by atoms with Gasteiger partial charge in [0.1, 0.15) is 17.7 Å². The first kappa shape index (κ1) is 12.9. The van der Waals surface area contributed by atoms with Crippen LogP contribution in [-0.4, -0.2) is 0 Å². The molecule has 1 aliphatic rings. The van der Waals surface area contributed by atoms with Crippen LogP contribution >= 0.6 is 0 Å². The Morgan fingerprint density at radius 3 is 2.10 bits per heavy atom. The number of fused-ring (bicyclic) bond motifs is 1. The third kappa shape index (κ3) is 2.14. The summed E-state index contributed by atoms with van der Waals surface area (Å²) in [5.41, 5.74) is 6.25. The van der Waals surface area contributed by atoms with Gasteiger partial charge in [-0.2, -0.15) is 10.5 Å². The fraction of sp³-hybridized carbons (Fsp3) is 0.0526. The lowest BCUT2D eigenvalue weighted by molar-refractivity contribution is 1.45. The second-order valence-corrected chi connectivity index (χ2v) is 4.98. The lowest BCUT2D eigenvalue weighted by atomic mass is 9.98. The number of hydrogen-bond acceptors (Lipinski definition) is 2. The van der Waals surface area contributed by atoms with E-state index >= 15 is 0 Å². The van der Waals surface area contributed by atoms with Crippen LogP contribution in [-0.2, 0) is 0 Å². The third-order valence-corrected chi connectivity index (χ3v) is 3.65. The van der Waals surface area contributed by atoms with Crippen LogP contribution in [0.25, 0.3) is 11.1 Å². The van der Waals surface area contributed by atoms with Crippen molar-refractivity contribution in [2.75, 3.05) is 0 Å². The molecule has 0 fully saturated rings. The minimum Gasteiger partial charge on any atom is -0.192 e. The zero-order valence-corrected chi connectivity index (χ0v) is 11.6. The van der Waals surface area contributed by atoms with E-state index in [2.05, 4.69) is 31.2 Å². The summed E-state index contributed by atoms with van der Waals surface area (Å²) in [7, 11) is 0. The van der Waals surface area contributed by atoms with Crippen LogP contribution < -0.4 is 0 Å². The lowest BCUT2D eigenvalue weighted by Crippen LogP contribution is -1.87. The van der Waals surface area contributed by atoms with Gasteiger partial charge in [-0.3, -0.25) is 0 Å². The molecule has 98 valence electrons. The van der Waals surface area contributed by atoms with Crippen LogP contribution in [0.15, 0.2) is 60.2 Å². The highest BCUT2D eigenvalue weighted by molar-refractivity contribution is 6.03. The molecule has 0 amide bonds. The molecule has 0 heterocycles. The van der Waals surface area contributed by atoms with E-state index in [4.69, 9.17) is 10.5 Å². The molecule has 0 spiro atoms. The first-order valence-corrected chi connectivity index (χ1v) is 6.67. The zero-order valence-electron chi connectivity index (χ0n) is 11.6. The molecule has 0 bridgehead atoms. The summed E-state index contributed by atoms with van der Waals surface area (Å²) < 4.78 is 0. The summed E-state index contributed by atoms with van der Waals surface area (Å²) >= 11 is 0. The smallest absolute Gasteiger partial charge is 0.137 e. The Bertz CT molecular complexity index is 838. The standard InChI is InChI=1S/C19H12N2/c1-13-6-8-14(9-7-13)18-10-19(15(11-20)12-21)17-5-3-2-4-16(17)18/h2-10H,1H3. The second-order valence-electron chi connectivity index (χ2n) is 4.98. The first-order valence-electron chi connectivity index (χ1n) is 6.67. The zero-order chi connectivity index (χ0) is 14.8. The molecule has 2 aromatic rings. The molecular formula is C19H12N2. The van der Waals surface area contributed by atoms with E-state index in [-0.39, 0.29) is 5.57 Å². The molecule has 0 aliphatic heterocycles. The summed E-state index contributed by atoms with van der Waals surface area (Å²) in [6.45, 7) is 2.05. The number of hydrogen-bond donors (Lipinski definition) is 0. The number of nitrogens with zero attached hydrogens (tertiary/aromatic N) is 2. The number of nitriles is 2. The summed E-state index contributed by atoms with van der Waals surface area (Å²) in [5, 5.41) is 18.3. The Labute approximate surface area is 123 Å². The fourth-order valence-electron chi connectivity index (χ4n) is 2.58. The number of allylic oxidation sites excluding steroid dienone is 3. The summed E-state index contributed by atoms with van der Waals surface area (Å²) in [6.07, 6.45) is 1.94. The van der Waals surface area contributed by atoms with Gasteiger partial charge in [-0.15, -0.1) is 0 Å². The van der Waals surface area contributed by atoms with Gasteiger partial charge in [0.2, 0.25) is 0 Å². The van der Waals surface area contributed by atoms with Crippen LogP contribution in [0.3, 0.4) is 0 Å². The van der Waals surface area contributed by atoms with Gasteiger partial charge in [0.25, 0.3) is 0 Å². The molecule has 0 N–H and O–H groups in total.